The van der Waals surface area contributed by atoms with Gasteiger partial charge in [0.05, 0.1) is 5.56 Å². The molecule has 34 heavy (non-hydrogen) atoms. The number of anilines is 1. The number of halogens is 3. The van der Waals surface area contributed by atoms with Gasteiger partial charge in [-0.2, -0.15) is 13.2 Å². The Morgan fingerprint density at radius 3 is 1.76 bits per heavy atom. The van der Waals surface area contributed by atoms with E-state index in [4.69, 9.17) is 39.6 Å². The van der Waals surface area contributed by atoms with Gasteiger partial charge in [0.2, 0.25) is 5.91 Å². The molecule has 5 N–H and O–H groups in total. The number of hydrogen-bond donors (Lipinski definition) is 5. The fourth-order valence-corrected chi connectivity index (χ4v) is 2.33. The van der Waals surface area contributed by atoms with Gasteiger partial charge < -0.3 is 35.5 Å². The van der Waals surface area contributed by atoms with Gasteiger partial charge in [0.1, 0.15) is 0 Å². The van der Waals surface area contributed by atoms with Crippen molar-refractivity contribution in [3.05, 3.63) is 29.8 Å². The Balaban J connectivity index is 0.000000750. The van der Waals surface area contributed by atoms with Crippen LogP contribution in [0.5, 0.6) is 0 Å². The monoisotopic (exact) mass is 495 g/mol. The number of nitrogens with zero attached hydrogens (tertiary/aromatic N) is 2. The van der Waals surface area contributed by atoms with E-state index in [1.165, 1.54) is 12.1 Å². The number of hydrogen-bond acceptors (Lipinski definition) is 7. The number of likely N-dealkylation sites (N-methyl/N-ethyl adjacent to an activating group) is 1. The highest BCUT2D eigenvalue weighted by molar-refractivity contribution is 6.27. The van der Waals surface area contributed by atoms with Crippen molar-refractivity contribution < 1.29 is 57.6 Å². The highest BCUT2D eigenvalue weighted by Crippen LogP contribution is 2.30. The van der Waals surface area contributed by atoms with Gasteiger partial charge in [-0.05, 0) is 25.2 Å². The van der Waals surface area contributed by atoms with Crippen LogP contribution in [0.15, 0.2) is 24.3 Å². The normalized spacial score (nSPS) is 13.9. The molecule has 1 heterocycles. The molecule has 1 amide bonds. The minimum Gasteiger partial charge on any atom is -0.473 e. The summed E-state index contributed by atoms with van der Waals surface area (Å²) < 4.78 is 37.8. The van der Waals surface area contributed by atoms with Crippen molar-refractivity contribution in [2.24, 2.45) is 0 Å². The smallest absolute Gasteiger partial charge is 0.416 e. The summed E-state index contributed by atoms with van der Waals surface area (Å²) in [7, 11) is 2.05. The Labute approximate surface area is 191 Å². The summed E-state index contributed by atoms with van der Waals surface area (Å²) in [4.78, 5) is 52.7. The number of carboxylic acids is 4. The lowest BCUT2D eigenvalue weighted by Gasteiger charge is -2.32. The lowest BCUT2D eigenvalue weighted by Crippen LogP contribution is -2.45. The number of carbonyl (C=O) groups is 5. The number of amides is 1. The maximum absolute atomic E-state index is 12.6. The SMILES string of the molecule is CN1CCN(CCC(=O)Nc2cccc(C(F)(F)F)c2)CC1.O=C(O)C(=O)O.O=C(O)C(=O)O. The minimum atomic E-state index is -4.40. The molecule has 0 bridgehead atoms. The largest absolute Gasteiger partial charge is 0.473 e. The van der Waals surface area contributed by atoms with E-state index in [-0.39, 0.29) is 18.0 Å². The van der Waals surface area contributed by atoms with E-state index in [2.05, 4.69) is 22.2 Å². The van der Waals surface area contributed by atoms with Crippen molar-refractivity contribution in [3.8, 4) is 0 Å². The quantitative estimate of drug-likeness (QED) is 0.368. The summed E-state index contributed by atoms with van der Waals surface area (Å²) in [5.74, 6) is -7.56. The number of carboxylic acid groups (broad SMARTS) is 4. The van der Waals surface area contributed by atoms with Gasteiger partial charge in [-0.3, -0.25) is 4.79 Å². The van der Waals surface area contributed by atoms with Crippen molar-refractivity contribution in [1.29, 1.82) is 0 Å². The number of aliphatic carboxylic acids is 4. The van der Waals surface area contributed by atoms with E-state index in [0.29, 0.717) is 6.54 Å². The molecule has 1 aliphatic heterocycles. The first-order valence-electron chi connectivity index (χ1n) is 9.44. The molecular formula is C19H24F3N3O9. The Morgan fingerprint density at radius 1 is 0.882 bits per heavy atom. The molecule has 190 valence electrons. The second-order valence-corrected chi connectivity index (χ2v) is 6.74. The topological polar surface area (TPSA) is 185 Å². The van der Waals surface area contributed by atoms with Crippen molar-refractivity contribution in [2.75, 3.05) is 45.1 Å². The van der Waals surface area contributed by atoms with E-state index in [0.717, 1.165) is 38.3 Å². The first-order chi connectivity index (χ1) is 15.6. The molecule has 2 rings (SSSR count). The lowest BCUT2D eigenvalue weighted by molar-refractivity contribution is -0.159. The third kappa shape index (κ3) is 13.6. The molecule has 1 saturated heterocycles. The molecule has 1 fully saturated rings. The Kier molecular flexibility index (Phi) is 12.9. The molecule has 12 nitrogen and oxygen atoms in total. The molecule has 1 aromatic rings. The van der Waals surface area contributed by atoms with Crippen molar-refractivity contribution in [1.82, 2.24) is 9.80 Å². The fraction of sp³-hybridized carbons (Fsp3) is 0.421. The number of carbonyl (C=O) groups excluding carboxylic acids is 1. The molecule has 1 aromatic carbocycles. The molecule has 1 aliphatic rings. The van der Waals surface area contributed by atoms with Crippen LogP contribution in [0.1, 0.15) is 12.0 Å². The summed E-state index contributed by atoms with van der Waals surface area (Å²) >= 11 is 0. The fourth-order valence-electron chi connectivity index (χ4n) is 2.33. The van der Waals surface area contributed by atoms with Gasteiger partial charge >= 0.3 is 30.1 Å². The number of benzene rings is 1. The Bertz CT molecular complexity index is 822. The van der Waals surface area contributed by atoms with Crippen LogP contribution in [0, 0.1) is 0 Å². The maximum Gasteiger partial charge on any atom is 0.416 e. The summed E-state index contributed by atoms with van der Waals surface area (Å²) in [6, 6.07) is 4.69. The first-order valence-corrected chi connectivity index (χ1v) is 9.44. The van der Waals surface area contributed by atoms with Crippen LogP contribution in [0.3, 0.4) is 0 Å². The van der Waals surface area contributed by atoms with Gasteiger partial charge in [-0.25, -0.2) is 19.2 Å². The van der Waals surface area contributed by atoms with Gasteiger partial charge in [0.15, 0.2) is 0 Å². The molecule has 0 spiro atoms. The first kappa shape index (κ1) is 30.3. The van der Waals surface area contributed by atoms with Crippen molar-refractivity contribution in [2.45, 2.75) is 12.6 Å². The third-order valence-corrected chi connectivity index (χ3v) is 4.09. The number of nitrogens with one attached hydrogen (secondary N) is 1. The summed E-state index contributed by atoms with van der Waals surface area (Å²) in [5.41, 5.74) is -0.581. The second kappa shape index (κ2) is 14.4. The number of alkyl halides is 3. The van der Waals surface area contributed by atoms with E-state index in [1.807, 2.05) is 0 Å². The average Bonchev–Trinajstić information content (AvgIpc) is 2.73. The Hall–Kier alpha value is -3.72. The summed E-state index contributed by atoms with van der Waals surface area (Å²) in [6.07, 6.45) is -4.12. The molecule has 0 saturated carbocycles. The zero-order chi connectivity index (χ0) is 26.5. The Morgan fingerprint density at radius 2 is 1.35 bits per heavy atom. The van der Waals surface area contributed by atoms with E-state index >= 15 is 0 Å². The molecular weight excluding hydrogens is 471 g/mol. The molecule has 0 atom stereocenters. The van der Waals surface area contributed by atoms with Crippen LogP contribution < -0.4 is 5.32 Å². The standard InChI is InChI=1S/C15H20F3N3O.2C2H2O4/c1-20-7-9-21(10-8-20)6-5-14(22)19-13-4-2-3-12(11-13)15(16,17)18;2*3-1(4)2(5)6/h2-4,11H,5-10H2,1H3,(H,19,22);2*(H,3,4)(H,5,6). The van der Waals surface area contributed by atoms with E-state index in [1.54, 1.807) is 0 Å². The number of rotatable bonds is 4. The van der Waals surface area contributed by atoms with Gasteiger partial charge in [0.25, 0.3) is 0 Å². The second-order valence-electron chi connectivity index (χ2n) is 6.74. The van der Waals surface area contributed by atoms with Crippen LogP contribution in [0.2, 0.25) is 0 Å². The maximum atomic E-state index is 12.6. The van der Waals surface area contributed by atoms with Crippen LogP contribution in [0.4, 0.5) is 18.9 Å². The summed E-state index contributed by atoms with van der Waals surface area (Å²) in [5, 5.41) is 32.1. The van der Waals surface area contributed by atoms with Crippen LogP contribution in [-0.2, 0) is 30.1 Å². The zero-order valence-electron chi connectivity index (χ0n) is 17.9. The zero-order valence-corrected chi connectivity index (χ0v) is 17.9. The van der Waals surface area contributed by atoms with Gasteiger partial charge in [-0.15, -0.1) is 0 Å². The van der Waals surface area contributed by atoms with Crippen LogP contribution in [-0.4, -0.2) is 99.8 Å². The molecule has 0 aromatic heterocycles. The molecule has 15 heteroatoms. The highest BCUT2D eigenvalue weighted by Gasteiger charge is 2.30. The van der Waals surface area contributed by atoms with Crippen LogP contribution in [0.25, 0.3) is 0 Å². The van der Waals surface area contributed by atoms with E-state index < -0.39 is 35.6 Å². The molecule has 0 aliphatic carbocycles. The van der Waals surface area contributed by atoms with E-state index in [9.17, 15) is 18.0 Å². The minimum absolute atomic E-state index is 0.179. The average molecular weight is 495 g/mol. The van der Waals surface area contributed by atoms with Crippen LogP contribution >= 0.6 is 0 Å². The van der Waals surface area contributed by atoms with Crippen molar-refractivity contribution >= 4 is 35.5 Å². The third-order valence-electron chi connectivity index (χ3n) is 4.09. The predicted octanol–water partition coefficient (Wildman–Crippen LogP) is 0.593. The van der Waals surface area contributed by atoms with Crippen molar-refractivity contribution in [3.63, 3.8) is 0 Å². The van der Waals surface area contributed by atoms with Gasteiger partial charge in [-0.1, -0.05) is 6.07 Å². The molecule has 0 unspecified atom stereocenters. The molecule has 0 radical (unpaired) electrons. The van der Waals surface area contributed by atoms with Gasteiger partial charge in [0, 0.05) is 44.8 Å². The number of piperazine rings is 1. The predicted molar refractivity (Wildman–Crippen MR) is 109 cm³/mol. The lowest BCUT2D eigenvalue weighted by atomic mass is 10.2. The highest BCUT2D eigenvalue weighted by atomic mass is 19.4. The summed E-state index contributed by atoms with van der Waals surface area (Å²) in [6.45, 7) is 4.38.